The number of rotatable bonds is 9. The van der Waals surface area contributed by atoms with Crippen LogP contribution in [-0.4, -0.2) is 26.0 Å². The standard InChI is InChI=1S/C15H31IO2Si/c1-7-8-9-12-17-13-14(10-11-16)18-19(5,6)15(2,3)4/h10H,7-9,11-13H2,1-6H3. The van der Waals surface area contributed by atoms with Crippen molar-refractivity contribution in [2.75, 3.05) is 17.6 Å². The van der Waals surface area contributed by atoms with Gasteiger partial charge in [0.15, 0.2) is 0 Å². The molecule has 0 N–H and O–H groups in total. The van der Waals surface area contributed by atoms with Crippen molar-refractivity contribution in [2.24, 2.45) is 0 Å². The molecule has 0 aliphatic carbocycles. The highest BCUT2D eigenvalue weighted by molar-refractivity contribution is 14.1. The summed E-state index contributed by atoms with van der Waals surface area (Å²) in [6.07, 6.45) is 5.78. The van der Waals surface area contributed by atoms with Crippen molar-refractivity contribution in [3.05, 3.63) is 11.8 Å². The number of hydrogen-bond acceptors (Lipinski definition) is 2. The molecule has 0 saturated heterocycles. The van der Waals surface area contributed by atoms with Gasteiger partial charge in [-0.15, -0.1) is 0 Å². The van der Waals surface area contributed by atoms with Crippen molar-refractivity contribution in [1.29, 1.82) is 0 Å². The zero-order valence-corrected chi connectivity index (χ0v) is 16.7. The summed E-state index contributed by atoms with van der Waals surface area (Å²) in [4.78, 5) is 0. The maximum atomic E-state index is 6.32. The lowest BCUT2D eigenvalue weighted by Gasteiger charge is -2.37. The largest absolute Gasteiger partial charge is 0.545 e. The van der Waals surface area contributed by atoms with Crippen molar-refractivity contribution >= 4 is 30.9 Å². The smallest absolute Gasteiger partial charge is 0.250 e. The predicted octanol–water partition coefficient (Wildman–Crippen LogP) is 5.53. The van der Waals surface area contributed by atoms with Gasteiger partial charge in [-0.2, -0.15) is 0 Å². The van der Waals surface area contributed by atoms with Gasteiger partial charge in [0.2, 0.25) is 8.32 Å². The molecule has 0 spiro atoms. The lowest BCUT2D eigenvalue weighted by Crippen LogP contribution is -2.41. The molecule has 0 atom stereocenters. The molecule has 0 aromatic heterocycles. The first-order valence-corrected chi connectivity index (χ1v) is 11.7. The molecule has 0 aliphatic rings. The molecule has 0 aliphatic heterocycles. The van der Waals surface area contributed by atoms with Gasteiger partial charge in [0.05, 0.1) is 0 Å². The van der Waals surface area contributed by atoms with Crippen molar-refractivity contribution in [2.45, 2.75) is 65.1 Å². The summed E-state index contributed by atoms with van der Waals surface area (Å²) in [6.45, 7) is 15.0. The third-order valence-electron chi connectivity index (χ3n) is 3.63. The Morgan fingerprint density at radius 2 is 1.84 bits per heavy atom. The van der Waals surface area contributed by atoms with E-state index in [4.69, 9.17) is 9.16 Å². The Bertz CT molecular complexity index is 270. The Morgan fingerprint density at radius 3 is 2.32 bits per heavy atom. The molecule has 19 heavy (non-hydrogen) atoms. The third-order valence-corrected chi connectivity index (χ3v) is 8.46. The van der Waals surface area contributed by atoms with Gasteiger partial charge in [-0.1, -0.05) is 63.1 Å². The minimum Gasteiger partial charge on any atom is -0.545 e. The molecule has 0 unspecified atom stereocenters. The maximum absolute atomic E-state index is 6.32. The minimum atomic E-state index is -1.73. The van der Waals surface area contributed by atoms with Crippen LogP contribution in [0.4, 0.5) is 0 Å². The third kappa shape index (κ3) is 8.35. The van der Waals surface area contributed by atoms with E-state index in [9.17, 15) is 0 Å². The second kappa shape index (κ2) is 9.40. The van der Waals surface area contributed by atoms with E-state index in [1.54, 1.807) is 0 Å². The predicted molar refractivity (Wildman–Crippen MR) is 95.6 cm³/mol. The van der Waals surface area contributed by atoms with Crippen molar-refractivity contribution in [3.8, 4) is 0 Å². The fourth-order valence-corrected chi connectivity index (χ4v) is 2.92. The Labute approximate surface area is 134 Å². The number of alkyl halides is 1. The molecular weight excluding hydrogens is 367 g/mol. The lowest BCUT2D eigenvalue weighted by molar-refractivity contribution is 0.125. The van der Waals surface area contributed by atoms with Crippen LogP contribution in [0.1, 0.15) is 47.0 Å². The van der Waals surface area contributed by atoms with Crippen LogP contribution in [0.3, 0.4) is 0 Å². The Kier molecular flexibility index (Phi) is 9.62. The molecule has 0 saturated carbocycles. The van der Waals surface area contributed by atoms with E-state index >= 15 is 0 Å². The van der Waals surface area contributed by atoms with Gasteiger partial charge in [0.1, 0.15) is 12.4 Å². The minimum absolute atomic E-state index is 0.236. The molecule has 0 radical (unpaired) electrons. The Balaban J connectivity index is 4.32. The summed E-state index contributed by atoms with van der Waals surface area (Å²) in [5, 5.41) is 0.236. The van der Waals surface area contributed by atoms with Crippen molar-refractivity contribution in [3.63, 3.8) is 0 Å². The quantitative estimate of drug-likeness (QED) is 0.167. The summed E-state index contributed by atoms with van der Waals surface area (Å²) >= 11 is 2.35. The highest BCUT2D eigenvalue weighted by atomic mass is 127. The van der Waals surface area contributed by atoms with Crippen molar-refractivity contribution < 1.29 is 9.16 Å². The number of unbranched alkanes of at least 4 members (excludes halogenated alkanes) is 2. The van der Waals surface area contributed by atoms with Gasteiger partial charge in [-0.3, -0.25) is 0 Å². The molecule has 0 amide bonds. The van der Waals surface area contributed by atoms with Gasteiger partial charge < -0.3 is 9.16 Å². The SMILES string of the molecule is CCCCCOCC(=CCI)O[Si](C)(C)C(C)(C)C. The van der Waals surface area contributed by atoms with Gasteiger partial charge in [-0.25, -0.2) is 0 Å². The molecule has 0 rings (SSSR count). The number of allylic oxidation sites excluding steroid dienone is 1. The first-order valence-electron chi connectivity index (χ1n) is 7.26. The fraction of sp³-hybridized carbons (Fsp3) is 0.867. The van der Waals surface area contributed by atoms with Crippen LogP contribution in [0.2, 0.25) is 18.1 Å². The van der Waals surface area contributed by atoms with Crippen LogP contribution < -0.4 is 0 Å². The monoisotopic (exact) mass is 398 g/mol. The molecule has 0 fully saturated rings. The van der Waals surface area contributed by atoms with Crippen LogP contribution in [0.25, 0.3) is 0 Å². The highest BCUT2D eigenvalue weighted by Crippen LogP contribution is 2.37. The normalized spacial score (nSPS) is 13.7. The number of ether oxygens (including phenoxy) is 1. The molecule has 0 bridgehead atoms. The Morgan fingerprint density at radius 1 is 1.21 bits per heavy atom. The van der Waals surface area contributed by atoms with Crippen LogP contribution >= 0.6 is 22.6 Å². The van der Waals surface area contributed by atoms with Gasteiger partial charge in [0, 0.05) is 11.0 Å². The lowest BCUT2D eigenvalue weighted by atomic mass is 10.2. The molecule has 0 aromatic rings. The van der Waals surface area contributed by atoms with E-state index in [0.717, 1.165) is 23.2 Å². The van der Waals surface area contributed by atoms with E-state index in [2.05, 4.69) is 69.5 Å². The first-order chi connectivity index (χ1) is 8.74. The van der Waals surface area contributed by atoms with Gasteiger partial charge in [0.25, 0.3) is 0 Å². The average Bonchev–Trinajstić information content (AvgIpc) is 2.27. The molecule has 2 nitrogen and oxygen atoms in total. The maximum Gasteiger partial charge on any atom is 0.250 e. The molecule has 4 heteroatoms. The van der Waals surface area contributed by atoms with E-state index in [0.29, 0.717) is 6.61 Å². The first kappa shape index (κ1) is 19.4. The van der Waals surface area contributed by atoms with Crippen LogP contribution in [-0.2, 0) is 9.16 Å². The topological polar surface area (TPSA) is 18.5 Å². The summed E-state index contributed by atoms with van der Waals surface area (Å²) in [5.74, 6) is 1.03. The second-order valence-corrected chi connectivity index (χ2v) is 12.1. The van der Waals surface area contributed by atoms with Crippen LogP contribution in [0.15, 0.2) is 11.8 Å². The van der Waals surface area contributed by atoms with E-state index in [1.165, 1.54) is 12.8 Å². The zero-order valence-electron chi connectivity index (χ0n) is 13.5. The zero-order chi connectivity index (χ0) is 14.9. The fourth-order valence-electron chi connectivity index (χ4n) is 1.32. The summed E-state index contributed by atoms with van der Waals surface area (Å²) in [5.41, 5.74) is 0. The van der Waals surface area contributed by atoms with Crippen molar-refractivity contribution in [1.82, 2.24) is 0 Å². The molecule has 0 aromatic carbocycles. The average molecular weight is 398 g/mol. The second-order valence-electron chi connectivity index (χ2n) is 6.45. The molecular formula is C15H31IO2Si. The summed E-state index contributed by atoms with van der Waals surface area (Å²) in [6, 6.07) is 0. The van der Waals surface area contributed by atoms with Gasteiger partial charge >= 0.3 is 0 Å². The number of halogens is 1. The van der Waals surface area contributed by atoms with Gasteiger partial charge in [-0.05, 0) is 30.6 Å². The van der Waals surface area contributed by atoms with Crippen LogP contribution in [0, 0.1) is 0 Å². The Hall–Kier alpha value is 0.447. The van der Waals surface area contributed by atoms with E-state index in [-0.39, 0.29) is 5.04 Å². The molecule has 114 valence electrons. The highest BCUT2D eigenvalue weighted by Gasteiger charge is 2.39. The van der Waals surface area contributed by atoms with E-state index < -0.39 is 8.32 Å². The van der Waals surface area contributed by atoms with Crippen LogP contribution in [0.5, 0.6) is 0 Å². The summed E-state index contributed by atoms with van der Waals surface area (Å²) in [7, 11) is -1.73. The van der Waals surface area contributed by atoms with E-state index in [1.807, 2.05) is 0 Å². The number of hydrogen-bond donors (Lipinski definition) is 0. The molecule has 0 heterocycles. The summed E-state index contributed by atoms with van der Waals surface area (Å²) < 4.78 is 13.0.